The van der Waals surface area contributed by atoms with Gasteiger partial charge in [-0.1, -0.05) is 42.8 Å². The highest BCUT2D eigenvalue weighted by atomic mass is 35.5. The maximum absolute atomic E-state index is 13.1. The number of rotatable bonds is 4. The smallest absolute Gasteiger partial charge is 0.256 e. The molecular weight excluding hydrogens is 384 g/mol. The van der Waals surface area contributed by atoms with Gasteiger partial charge in [0, 0.05) is 11.4 Å². The van der Waals surface area contributed by atoms with E-state index in [1.165, 1.54) is 5.56 Å². The van der Waals surface area contributed by atoms with Gasteiger partial charge in [0.05, 0.1) is 27.4 Å². The van der Waals surface area contributed by atoms with Gasteiger partial charge >= 0.3 is 0 Å². The SMILES string of the molecule is CCc1ccc(NC(=O)c2cc(C)nc3c2c(C)nn3-c2ccccc2Cl)cc1. The van der Waals surface area contributed by atoms with Gasteiger partial charge in [0.2, 0.25) is 0 Å². The predicted molar refractivity (Wildman–Crippen MR) is 117 cm³/mol. The summed E-state index contributed by atoms with van der Waals surface area (Å²) < 4.78 is 1.70. The second kappa shape index (κ2) is 7.68. The fourth-order valence-corrected chi connectivity index (χ4v) is 3.62. The summed E-state index contributed by atoms with van der Waals surface area (Å²) >= 11 is 6.37. The molecule has 1 N–H and O–H groups in total. The topological polar surface area (TPSA) is 59.8 Å². The lowest BCUT2D eigenvalue weighted by Crippen LogP contribution is -2.13. The van der Waals surface area contributed by atoms with Gasteiger partial charge < -0.3 is 5.32 Å². The fourth-order valence-electron chi connectivity index (χ4n) is 3.41. The number of amides is 1. The van der Waals surface area contributed by atoms with Gasteiger partial charge in [-0.05, 0) is 56.2 Å². The number of anilines is 1. The number of para-hydroxylation sites is 1. The molecule has 0 saturated heterocycles. The van der Waals surface area contributed by atoms with Gasteiger partial charge in [0.25, 0.3) is 5.91 Å². The lowest BCUT2D eigenvalue weighted by atomic mass is 10.1. The van der Waals surface area contributed by atoms with Crippen LogP contribution in [0.15, 0.2) is 54.6 Å². The number of pyridine rings is 1. The van der Waals surface area contributed by atoms with Gasteiger partial charge in [-0.3, -0.25) is 4.79 Å². The average molecular weight is 405 g/mol. The van der Waals surface area contributed by atoms with Gasteiger partial charge in [-0.15, -0.1) is 0 Å². The monoisotopic (exact) mass is 404 g/mol. The maximum atomic E-state index is 13.1. The Morgan fingerprint density at radius 2 is 1.83 bits per heavy atom. The van der Waals surface area contributed by atoms with Crippen molar-refractivity contribution < 1.29 is 4.79 Å². The summed E-state index contributed by atoms with van der Waals surface area (Å²) in [5.41, 5.74) is 5.32. The highest BCUT2D eigenvalue weighted by Gasteiger charge is 2.20. The molecule has 2 aromatic carbocycles. The normalized spacial score (nSPS) is 11.0. The third-order valence-electron chi connectivity index (χ3n) is 4.89. The molecule has 6 heteroatoms. The minimum absolute atomic E-state index is 0.188. The molecule has 0 fully saturated rings. The Kier molecular flexibility index (Phi) is 5.07. The molecule has 29 heavy (non-hydrogen) atoms. The molecule has 0 unspecified atom stereocenters. The first-order chi connectivity index (χ1) is 14.0. The summed E-state index contributed by atoms with van der Waals surface area (Å²) in [6.07, 6.45) is 0.957. The van der Waals surface area contributed by atoms with Crippen molar-refractivity contribution in [3.05, 3.63) is 82.1 Å². The molecule has 2 heterocycles. The minimum atomic E-state index is -0.188. The van der Waals surface area contributed by atoms with E-state index in [2.05, 4.69) is 22.3 Å². The zero-order valence-corrected chi connectivity index (χ0v) is 17.3. The summed E-state index contributed by atoms with van der Waals surface area (Å²) in [5.74, 6) is -0.188. The largest absolute Gasteiger partial charge is 0.322 e. The Morgan fingerprint density at radius 3 is 2.52 bits per heavy atom. The van der Waals surface area contributed by atoms with E-state index < -0.39 is 0 Å². The van der Waals surface area contributed by atoms with Crippen LogP contribution in [-0.2, 0) is 6.42 Å². The molecule has 0 spiro atoms. The van der Waals surface area contributed by atoms with Crippen molar-refractivity contribution in [3.8, 4) is 5.69 Å². The molecule has 1 amide bonds. The number of carbonyl (C=O) groups is 1. The fraction of sp³-hybridized carbons (Fsp3) is 0.174. The van der Waals surface area contributed by atoms with Gasteiger partial charge in [0.15, 0.2) is 5.65 Å². The van der Waals surface area contributed by atoms with Crippen molar-refractivity contribution in [2.24, 2.45) is 0 Å². The van der Waals surface area contributed by atoms with Crippen molar-refractivity contribution >= 4 is 34.2 Å². The van der Waals surface area contributed by atoms with E-state index in [4.69, 9.17) is 11.6 Å². The Bertz CT molecular complexity index is 1210. The third kappa shape index (κ3) is 3.61. The molecule has 0 aliphatic heterocycles. The molecular formula is C23H21ClN4O. The van der Waals surface area contributed by atoms with Crippen LogP contribution >= 0.6 is 11.6 Å². The number of halogens is 1. The molecule has 146 valence electrons. The van der Waals surface area contributed by atoms with Crippen molar-refractivity contribution in [1.82, 2.24) is 14.8 Å². The van der Waals surface area contributed by atoms with Crippen LogP contribution in [0.25, 0.3) is 16.7 Å². The zero-order valence-electron chi connectivity index (χ0n) is 16.5. The molecule has 0 aliphatic carbocycles. The number of aryl methyl sites for hydroxylation is 3. The lowest BCUT2D eigenvalue weighted by molar-refractivity contribution is 0.102. The second-order valence-electron chi connectivity index (χ2n) is 6.96. The van der Waals surface area contributed by atoms with Crippen molar-refractivity contribution in [2.45, 2.75) is 27.2 Å². The third-order valence-corrected chi connectivity index (χ3v) is 5.21. The summed E-state index contributed by atoms with van der Waals surface area (Å²) in [4.78, 5) is 17.7. The molecule has 0 bridgehead atoms. The Hall–Kier alpha value is -3.18. The molecule has 0 radical (unpaired) electrons. The molecule has 4 rings (SSSR count). The number of hydrogen-bond donors (Lipinski definition) is 1. The minimum Gasteiger partial charge on any atom is -0.322 e. The standard InChI is InChI=1S/C23H21ClN4O/c1-4-16-9-11-17(12-10-16)26-23(29)18-13-14(2)25-22-21(18)15(3)27-28(22)20-8-6-5-7-19(20)24/h5-13H,4H2,1-3H3,(H,26,29). The first kappa shape index (κ1) is 19.2. The summed E-state index contributed by atoms with van der Waals surface area (Å²) in [7, 11) is 0. The Labute approximate surface area is 174 Å². The zero-order chi connectivity index (χ0) is 20.5. The van der Waals surface area contributed by atoms with Crippen LogP contribution in [-0.4, -0.2) is 20.7 Å². The van der Waals surface area contributed by atoms with E-state index in [0.717, 1.165) is 34.6 Å². The first-order valence-electron chi connectivity index (χ1n) is 9.50. The van der Waals surface area contributed by atoms with Crippen LogP contribution in [0.1, 0.15) is 34.2 Å². The molecule has 0 aliphatic rings. The summed E-state index contributed by atoms with van der Waals surface area (Å²) in [5, 5.41) is 8.90. The van der Waals surface area contributed by atoms with E-state index in [9.17, 15) is 4.79 Å². The van der Waals surface area contributed by atoms with Crippen LogP contribution < -0.4 is 5.32 Å². The average Bonchev–Trinajstić information content (AvgIpc) is 3.04. The quantitative estimate of drug-likeness (QED) is 0.488. The first-order valence-corrected chi connectivity index (χ1v) is 9.88. The summed E-state index contributed by atoms with van der Waals surface area (Å²) in [6, 6.07) is 17.1. The lowest BCUT2D eigenvalue weighted by Gasteiger charge is -2.09. The van der Waals surface area contributed by atoms with Crippen molar-refractivity contribution in [2.75, 3.05) is 5.32 Å². The van der Waals surface area contributed by atoms with Crippen molar-refractivity contribution in [1.29, 1.82) is 0 Å². The van der Waals surface area contributed by atoms with E-state index in [0.29, 0.717) is 16.2 Å². The predicted octanol–water partition coefficient (Wildman–Crippen LogP) is 5.51. The van der Waals surface area contributed by atoms with E-state index in [-0.39, 0.29) is 5.91 Å². The Balaban J connectivity index is 1.80. The Morgan fingerprint density at radius 1 is 1.10 bits per heavy atom. The van der Waals surface area contributed by atoms with Gasteiger partial charge in [-0.25, -0.2) is 9.67 Å². The van der Waals surface area contributed by atoms with Crippen LogP contribution in [0.4, 0.5) is 5.69 Å². The van der Waals surface area contributed by atoms with Crippen LogP contribution in [0.3, 0.4) is 0 Å². The van der Waals surface area contributed by atoms with Crippen LogP contribution in [0.2, 0.25) is 5.02 Å². The highest BCUT2D eigenvalue weighted by Crippen LogP contribution is 2.28. The van der Waals surface area contributed by atoms with Crippen LogP contribution in [0.5, 0.6) is 0 Å². The molecule has 4 aromatic rings. The van der Waals surface area contributed by atoms with Crippen molar-refractivity contribution in [3.63, 3.8) is 0 Å². The second-order valence-corrected chi connectivity index (χ2v) is 7.37. The summed E-state index contributed by atoms with van der Waals surface area (Å²) in [6.45, 7) is 5.84. The molecule has 5 nitrogen and oxygen atoms in total. The van der Waals surface area contributed by atoms with E-state index in [1.807, 2.05) is 62.4 Å². The maximum Gasteiger partial charge on any atom is 0.256 e. The van der Waals surface area contributed by atoms with Gasteiger partial charge in [-0.2, -0.15) is 5.10 Å². The highest BCUT2D eigenvalue weighted by molar-refractivity contribution is 6.32. The molecule has 2 aromatic heterocycles. The number of benzene rings is 2. The number of nitrogens with one attached hydrogen (secondary N) is 1. The molecule has 0 atom stereocenters. The van der Waals surface area contributed by atoms with E-state index >= 15 is 0 Å². The van der Waals surface area contributed by atoms with Crippen LogP contribution in [0, 0.1) is 13.8 Å². The number of fused-ring (bicyclic) bond motifs is 1. The number of carbonyl (C=O) groups excluding carboxylic acids is 1. The van der Waals surface area contributed by atoms with E-state index in [1.54, 1.807) is 10.7 Å². The molecule has 0 saturated carbocycles. The number of hydrogen-bond acceptors (Lipinski definition) is 3. The number of nitrogens with zero attached hydrogens (tertiary/aromatic N) is 3. The van der Waals surface area contributed by atoms with Gasteiger partial charge in [0.1, 0.15) is 0 Å². The number of aromatic nitrogens is 3.